The van der Waals surface area contributed by atoms with Crippen molar-refractivity contribution in [2.45, 2.75) is 51.0 Å². The molecular formula is C13H20N2O2S. The molecule has 2 fully saturated rings. The summed E-state index contributed by atoms with van der Waals surface area (Å²) in [6.45, 7) is 2.40. The summed E-state index contributed by atoms with van der Waals surface area (Å²) in [4.78, 5) is 6.02. The smallest absolute Gasteiger partial charge is 0.122 e. The Balaban J connectivity index is 1.71. The number of thiazole rings is 1. The van der Waals surface area contributed by atoms with Gasteiger partial charge in [-0.2, -0.15) is 0 Å². The van der Waals surface area contributed by atoms with Crippen LogP contribution in [0.25, 0.3) is 0 Å². The van der Waals surface area contributed by atoms with Crippen LogP contribution in [0.5, 0.6) is 0 Å². The number of nitrogens with zero attached hydrogens (tertiary/aromatic N) is 1. The summed E-state index contributed by atoms with van der Waals surface area (Å²) in [5.74, 6) is 0. The molecule has 0 bridgehead atoms. The molecule has 0 aromatic carbocycles. The van der Waals surface area contributed by atoms with E-state index in [-0.39, 0.29) is 6.10 Å². The third-order valence-corrected chi connectivity index (χ3v) is 4.60. The molecule has 1 saturated carbocycles. The van der Waals surface area contributed by atoms with Gasteiger partial charge in [-0.3, -0.25) is 0 Å². The predicted octanol–water partition coefficient (Wildman–Crippen LogP) is 2.39. The molecular weight excluding hydrogens is 248 g/mol. The second-order valence-electron chi connectivity index (χ2n) is 5.01. The van der Waals surface area contributed by atoms with Gasteiger partial charge >= 0.3 is 0 Å². The van der Waals surface area contributed by atoms with Crippen LogP contribution in [0.3, 0.4) is 0 Å². The molecule has 2 heterocycles. The van der Waals surface area contributed by atoms with E-state index in [1.165, 1.54) is 17.7 Å². The SMILES string of the molecule is COCc1nc(C2CCCO2)sc1CNC1CC1. The average Bonchev–Trinajstić information content (AvgIpc) is 2.90. The molecule has 2 aliphatic rings. The molecule has 3 rings (SSSR count). The van der Waals surface area contributed by atoms with Crippen molar-refractivity contribution in [3.63, 3.8) is 0 Å². The first kappa shape index (κ1) is 12.5. The Bertz CT molecular complexity index is 398. The molecule has 1 N–H and O–H groups in total. The van der Waals surface area contributed by atoms with Crippen molar-refractivity contribution in [1.29, 1.82) is 0 Å². The van der Waals surface area contributed by atoms with Gasteiger partial charge in [0.25, 0.3) is 0 Å². The zero-order chi connectivity index (χ0) is 12.4. The van der Waals surface area contributed by atoms with Gasteiger partial charge in [-0.15, -0.1) is 11.3 Å². The predicted molar refractivity (Wildman–Crippen MR) is 70.6 cm³/mol. The van der Waals surface area contributed by atoms with Crippen molar-refractivity contribution in [2.75, 3.05) is 13.7 Å². The zero-order valence-electron chi connectivity index (χ0n) is 10.8. The molecule has 1 atom stereocenters. The van der Waals surface area contributed by atoms with E-state index in [9.17, 15) is 0 Å². The number of aromatic nitrogens is 1. The normalized spacial score (nSPS) is 23.7. The van der Waals surface area contributed by atoms with E-state index in [0.29, 0.717) is 6.61 Å². The number of rotatable bonds is 6. The van der Waals surface area contributed by atoms with Crippen molar-refractivity contribution in [2.24, 2.45) is 0 Å². The van der Waals surface area contributed by atoms with Crippen LogP contribution in [0.2, 0.25) is 0 Å². The summed E-state index contributed by atoms with van der Waals surface area (Å²) in [6.07, 6.45) is 5.11. The summed E-state index contributed by atoms with van der Waals surface area (Å²) in [5.41, 5.74) is 1.08. The molecule has 0 amide bonds. The highest BCUT2D eigenvalue weighted by molar-refractivity contribution is 7.11. The van der Waals surface area contributed by atoms with E-state index in [1.807, 2.05) is 0 Å². The average molecular weight is 268 g/mol. The number of ether oxygens (including phenoxy) is 2. The maximum absolute atomic E-state index is 5.71. The topological polar surface area (TPSA) is 43.4 Å². The fourth-order valence-electron chi connectivity index (χ4n) is 2.23. The fourth-order valence-corrected chi connectivity index (χ4v) is 3.33. The number of hydrogen-bond donors (Lipinski definition) is 1. The Kier molecular flexibility index (Phi) is 3.94. The van der Waals surface area contributed by atoms with Crippen LogP contribution in [0.4, 0.5) is 0 Å². The lowest BCUT2D eigenvalue weighted by Crippen LogP contribution is -2.15. The van der Waals surface area contributed by atoms with E-state index in [1.54, 1.807) is 18.4 Å². The monoisotopic (exact) mass is 268 g/mol. The van der Waals surface area contributed by atoms with Crippen LogP contribution in [0.15, 0.2) is 0 Å². The number of hydrogen-bond acceptors (Lipinski definition) is 5. The van der Waals surface area contributed by atoms with E-state index in [0.717, 1.165) is 42.7 Å². The Morgan fingerprint density at radius 1 is 1.44 bits per heavy atom. The molecule has 0 spiro atoms. The zero-order valence-corrected chi connectivity index (χ0v) is 11.6. The lowest BCUT2D eigenvalue weighted by molar-refractivity contribution is 0.111. The van der Waals surface area contributed by atoms with Gasteiger partial charge in [-0.1, -0.05) is 0 Å². The molecule has 1 aliphatic heterocycles. The molecule has 1 aliphatic carbocycles. The molecule has 1 aromatic heterocycles. The van der Waals surface area contributed by atoms with Gasteiger partial charge < -0.3 is 14.8 Å². The largest absolute Gasteiger partial charge is 0.378 e. The van der Waals surface area contributed by atoms with Crippen molar-refractivity contribution in [3.05, 3.63) is 15.6 Å². The summed E-state index contributed by atoms with van der Waals surface area (Å²) in [6, 6.07) is 0.730. The van der Waals surface area contributed by atoms with E-state index in [2.05, 4.69) is 5.32 Å². The quantitative estimate of drug-likeness (QED) is 0.860. The standard InChI is InChI=1S/C13H20N2O2S/c1-16-8-10-12(7-14-9-4-5-9)18-13(15-10)11-3-2-6-17-11/h9,11,14H,2-8H2,1H3. The molecule has 4 nitrogen and oxygen atoms in total. The van der Waals surface area contributed by atoms with Gasteiger partial charge in [-0.05, 0) is 25.7 Å². The van der Waals surface area contributed by atoms with Gasteiger partial charge in [0.2, 0.25) is 0 Å². The van der Waals surface area contributed by atoms with Crippen LogP contribution in [-0.2, 0) is 22.6 Å². The maximum atomic E-state index is 5.71. The molecule has 18 heavy (non-hydrogen) atoms. The highest BCUT2D eigenvalue weighted by atomic mass is 32.1. The summed E-state index contributed by atoms with van der Waals surface area (Å²) in [7, 11) is 1.73. The van der Waals surface area contributed by atoms with Crippen molar-refractivity contribution in [1.82, 2.24) is 10.3 Å². The highest BCUT2D eigenvalue weighted by Gasteiger charge is 2.25. The highest BCUT2D eigenvalue weighted by Crippen LogP contribution is 2.33. The molecule has 1 aromatic rings. The number of methoxy groups -OCH3 is 1. The van der Waals surface area contributed by atoms with Crippen molar-refractivity contribution >= 4 is 11.3 Å². The first-order valence-corrected chi connectivity index (χ1v) is 7.51. The summed E-state index contributed by atoms with van der Waals surface area (Å²) in [5, 5.41) is 4.68. The lowest BCUT2D eigenvalue weighted by atomic mass is 10.2. The Hall–Kier alpha value is -0.490. The Morgan fingerprint density at radius 2 is 2.33 bits per heavy atom. The maximum Gasteiger partial charge on any atom is 0.122 e. The van der Waals surface area contributed by atoms with Gasteiger partial charge in [-0.25, -0.2) is 4.98 Å². The minimum atomic E-state index is 0.222. The summed E-state index contributed by atoms with van der Waals surface area (Å²) < 4.78 is 11.0. The Morgan fingerprint density at radius 3 is 3.00 bits per heavy atom. The minimum absolute atomic E-state index is 0.222. The van der Waals surface area contributed by atoms with E-state index < -0.39 is 0 Å². The third kappa shape index (κ3) is 2.91. The molecule has 0 radical (unpaired) electrons. The molecule has 1 saturated heterocycles. The van der Waals surface area contributed by atoms with Gasteiger partial charge in [0, 0.05) is 31.2 Å². The van der Waals surface area contributed by atoms with E-state index >= 15 is 0 Å². The van der Waals surface area contributed by atoms with Gasteiger partial charge in [0.15, 0.2) is 0 Å². The van der Waals surface area contributed by atoms with Crippen LogP contribution >= 0.6 is 11.3 Å². The van der Waals surface area contributed by atoms with Crippen LogP contribution in [0.1, 0.15) is 47.4 Å². The van der Waals surface area contributed by atoms with Gasteiger partial charge in [0.1, 0.15) is 11.1 Å². The lowest BCUT2D eigenvalue weighted by Gasteiger charge is -2.03. The molecule has 1 unspecified atom stereocenters. The first-order chi connectivity index (χ1) is 8.86. The van der Waals surface area contributed by atoms with Gasteiger partial charge in [0.05, 0.1) is 12.3 Å². The van der Waals surface area contributed by atoms with Crippen LogP contribution in [-0.4, -0.2) is 24.7 Å². The van der Waals surface area contributed by atoms with E-state index in [4.69, 9.17) is 14.5 Å². The minimum Gasteiger partial charge on any atom is -0.378 e. The molecule has 100 valence electrons. The van der Waals surface area contributed by atoms with Crippen molar-refractivity contribution in [3.8, 4) is 0 Å². The first-order valence-electron chi connectivity index (χ1n) is 6.69. The summed E-state index contributed by atoms with van der Waals surface area (Å²) >= 11 is 1.79. The second kappa shape index (κ2) is 5.65. The Labute approximate surface area is 112 Å². The van der Waals surface area contributed by atoms with Crippen molar-refractivity contribution < 1.29 is 9.47 Å². The molecule has 5 heteroatoms. The van der Waals surface area contributed by atoms with Crippen LogP contribution in [0, 0.1) is 0 Å². The van der Waals surface area contributed by atoms with Crippen LogP contribution < -0.4 is 5.32 Å². The number of nitrogens with one attached hydrogen (secondary N) is 1. The second-order valence-corrected chi connectivity index (χ2v) is 6.13. The third-order valence-electron chi connectivity index (χ3n) is 3.41. The fraction of sp³-hybridized carbons (Fsp3) is 0.769.